The molecule has 1 aliphatic carbocycles. The molecular formula is C26H21N4O12S2-. The van der Waals surface area contributed by atoms with Crippen LogP contribution in [0.2, 0.25) is 0 Å². The molecule has 5 rings (SSSR count). The molecule has 16 nitrogen and oxygen atoms in total. The number of benzene rings is 3. The molecule has 0 bridgehead atoms. The van der Waals surface area contributed by atoms with Crippen LogP contribution in [-0.4, -0.2) is 55.3 Å². The lowest BCUT2D eigenvalue weighted by atomic mass is 9.90. The second-order valence-corrected chi connectivity index (χ2v) is 12.0. The largest absolute Gasteiger partial charge is 0.744 e. The van der Waals surface area contributed by atoms with E-state index in [0.717, 1.165) is 13.0 Å². The fraction of sp³-hybridized carbons (Fsp3) is 0.115. The van der Waals surface area contributed by atoms with E-state index in [1.807, 2.05) is 0 Å². The van der Waals surface area contributed by atoms with E-state index < -0.39 is 70.4 Å². The molecule has 0 saturated carbocycles. The number of hydrogen-bond donors (Lipinski definition) is 4. The Morgan fingerprint density at radius 1 is 0.977 bits per heavy atom. The Bertz CT molecular complexity index is 2120. The van der Waals surface area contributed by atoms with Gasteiger partial charge in [0.2, 0.25) is 10.0 Å². The zero-order chi connectivity index (χ0) is 32.7. The number of hydroxylamine groups is 2. The molecule has 0 spiro atoms. The fourth-order valence-corrected chi connectivity index (χ4v) is 6.01. The van der Waals surface area contributed by atoms with E-state index in [1.165, 1.54) is 42.5 Å². The first-order valence-electron chi connectivity index (χ1n) is 12.2. The van der Waals surface area contributed by atoms with Crippen molar-refractivity contribution in [2.75, 3.05) is 5.73 Å². The molecule has 1 fully saturated rings. The van der Waals surface area contributed by atoms with Gasteiger partial charge in [0.25, 0.3) is 11.8 Å². The third kappa shape index (κ3) is 5.99. The smallest absolute Gasteiger partial charge is 0.336 e. The van der Waals surface area contributed by atoms with Gasteiger partial charge in [0.1, 0.15) is 19.9 Å². The van der Waals surface area contributed by atoms with E-state index in [2.05, 4.69) is 4.84 Å². The lowest BCUT2D eigenvalue weighted by Gasteiger charge is -2.21. The molecule has 6 N–H and O–H groups in total. The highest BCUT2D eigenvalue weighted by molar-refractivity contribution is 7.89. The Balaban J connectivity index is 0.000000339. The van der Waals surface area contributed by atoms with Crippen molar-refractivity contribution in [3.05, 3.63) is 59.5 Å². The van der Waals surface area contributed by atoms with Crippen LogP contribution in [0.15, 0.2) is 62.7 Å². The van der Waals surface area contributed by atoms with Gasteiger partial charge in [-0.3, -0.25) is 15.0 Å². The van der Waals surface area contributed by atoms with Crippen molar-refractivity contribution in [2.45, 2.75) is 29.6 Å². The van der Waals surface area contributed by atoms with E-state index >= 15 is 0 Å². The Morgan fingerprint density at radius 2 is 1.59 bits per heavy atom. The summed E-state index contributed by atoms with van der Waals surface area (Å²) in [6.45, 7) is 1.14. The first-order valence-corrected chi connectivity index (χ1v) is 15.1. The number of nitrogens with zero attached hydrogens (tertiary/aromatic N) is 1. The first kappa shape index (κ1) is 31.8. The van der Waals surface area contributed by atoms with Crippen molar-refractivity contribution in [2.24, 2.45) is 5.14 Å². The Labute approximate surface area is 248 Å². The first-order chi connectivity index (χ1) is 20.4. The van der Waals surface area contributed by atoms with Crippen LogP contribution in [-0.2, 0) is 39.4 Å². The molecule has 2 aliphatic heterocycles. The number of carbonyl (C=O) groups excluding carboxylic acids is 3. The van der Waals surface area contributed by atoms with Crippen LogP contribution in [0.3, 0.4) is 0 Å². The van der Waals surface area contributed by atoms with Gasteiger partial charge in [-0.25, -0.2) is 31.6 Å². The standard InChI is InChI=1S/C20H15N3O8S2.C6H7NO4/c21-13-7-5-11-15(9-3-1-2-4-10(9)20(24)25)12-6-8-14(22)19(33(28,29)30)17(12)31-16(11)18(13)32(23,26)27;1-4(8)11-7-5(9)2-3-6(7)10/h1-8,22H,21H2,(H,24,25)(H2,23,26,27)(H,28,29,30);2-3H2,1H3/p-1. The Morgan fingerprint density at radius 3 is 2.14 bits per heavy atom. The summed E-state index contributed by atoms with van der Waals surface area (Å²) in [5.74, 6) is -3.51. The van der Waals surface area contributed by atoms with Crippen LogP contribution in [0.25, 0.3) is 33.4 Å². The average molecular weight is 646 g/mol. The number of fused-ring (bicyclic) bond motifs is 2. The summed E-state index contributed by atoms with van der Waals surface area (Å²) in [6, 6.07) is 10.6. The molecule has 230 valence electrons. The minimum atomic E-state index is -5.27. The molecule has 44 heavy (non-hydrogen) atoms. The molecular weight excluding hydrogens is 624 g/mol. The number of primary sulfonamides is 1. The maximum Gasteiger partial charge on any atom is 0.336 e. The van der Waals surface area contributed by atoms with Gasteiger partial charge in [-0.05, 0) is 35.9 Å². The maximum atomic E-state index is 12.3. The van der Waals surface area contributed by atoms with Crippen LogP contribution >= 0.6 is 0 Å². The normalized spacial score (nSPS) is 13.6. The predicted molar refractivity (Wildman–Crippen MR) is 148 cm³/mol. The number of nitrogen functional groups attached to an aromatic ring is 1. The second-order valence-electron chi connectivity index (χ2n) is 9.17. The number of nitrogens with two attached hydrogens (primary N) is 2. The quantitative estimate of drug-likeness (QED) is 0.103. The number of carboxylic acid groups (broad SMARTS) is 1. The third-order valence-electron chi connectivity index (χ3n) is 6.18. The number of sulfonamides is 1. The van der Waals surface area contributed by atoms with Gasteiger partial charge in [0.15, 0.2) is 11.3 Å². The summed E-state index contributed by atoms with van der Waals surface area (Å²) in [4.78, 5) is 46.3. The second kappa shape index (κ2) is 11.5. The molecule has 0 unspecified atom stereocenters. The van der Waals surface area contributed by atoms with E-state index in [-0.39, 0.29) is 46.2 Å². The summed E-state index contributed by atoms with van der Waals surface area (Å²) in [5, 5.41) is 22.8. The highest BCUT2D eigenvalue weighted by atomic mass is 32.2. The lowest BCUT2D eigenvalue weighted by Crippen LogP contribution is -2.30. The minimum absolute atomic E-state index is 0.0354. The zero-order valence-corrected chi connectivity index (χ0v) is 24.0. The number of nitrogens with one attached hydrogen (secondary N) is 1. The topological polar surface area (TPSA) is 281 Å². The Kier molecular flexibility index (Phi) is 8.29. The number of rotatable bonds is 5. The maximum absolute atomic E-state index is 12.3. The summed E-state index contributed by atoms with van der Waals surface area (Å²) in [6.07, 6.45) is 0.262. The van der Waals surface area contributed by atoms with Crippen molar-refractivity contribution >= 4 is 60.6 Å². The van der Waals surface area contributed by atoms with Crippen molar-refractivity contribution in [3.8, 4) is 22.5 Å². The van der Waals surface area contributed by atoms with Crippen molar-refractivity contribution in [1.82, 2.24) is 5.06 Å². The van der Waals surface area contributed by atoms with Crippen molar-refractivity contribution in [3.63, 3.8) is 0 Å². The summed E-state index contributed by atoms with van der Waals surface area (Å²) >= 11 is 0. The third-order valence-corrected chi connectivity index (χ3v) is 8.08. The van der Waals surface area contributed by atoms with Gasteiger partial charge in [-0.1, -0.05) is 18.2 Å². The number of anilines is 1. The van der Waals surface area contributed by atoms with Crippen LogP contribution in [0.1, 0.15) is 30.1 Å². The molecule has 3 aliphatic rings. The van der Waals surface area contributed by atoms with E-state index in [0.29, 0.717) is 5.06 Å². The van der Waals surface area contributed by atoms with E-state index in [1.54, 1.807) is 0 Å². The molecule has 0 aromatic heterocycles. The molecule has 2 aromatic rings. The van der Waals surface area contributed by atoms with Crippen molar-refractivity contribution in [1.29, 1.82) is 5.41 Å². The highest BCUT2D eigenvalue weighted by Crippen LogP contribution is 2.45. The number of hydrogen-bond acceptors (Lipinski definition) is 13. The number of carbonyl (C=O) groups is 4. The number of aromatic carboxylic acids is 1. The predicted octanol–water partition coefficient (Wildman–Crippen LogP) is 1.13. The van der Waals surface area contributed by atoms with Crippen LogP contribution < -0.4 is 16.2 Å². The molecule has 0 atom stereocenters. The lowest BCUT2D eigenvalue weighted by molar-refractivity contribution is -0.195. The van der Waals surface area contributed by atoms with Crippen LogP contribution in [0.5, 0.6) is 0 Å². The molecule has 2 heterocycles. The summed E-state index contributed by atoms with van der Waals surface area (Å²) in [5.41, 5.74) is 4.90. The summed E-state index contributed by atoms with van der Waals surface area (Å²) in [7, 11) is -9.79. The number of carboxylic acids is 1. The van der Waals surface area contributed by atoms with Gasteiger partial charge in [0, 0.05) is 36.3 Å². The number of imide groups is 1. The van der Waals surface area contributed by atoms with Gasteiger partial charge >= 0.3 is 11.9 Å². The van der Waals surface area contributed by atoms with Gasteiger partial charge in [0.05, 0.1) is 16.6 Å². The monoisotopic (exact) mass is 645 g/mol. The highest BCUT2D eigenvalue weighted by Gasteiger charge is 2.32. The molecule has 2 aromatic carbocycles. The molecule has 2 amide bonds. The summed E-state index contributed by atoms with van der Waals surface area (Å²) < 4.78 is 66.1. The van der Waals surface area contributed by atoms with Crippen molar-refractivity contribution < 1.29 is 54.9 Å². The van der Waals surface area contributed by atoms with E-state index in [4.69, 9.17) is 20.7 Å². The molecule has 1 saturated heterocycles. The van der Waals surface area contributed by atoms with Gasteiger partial charge in [-0.2, -0.15) is 0 Å². The molecule has 0 radical (unpaired) electrons. The molecule has 18 heteroatoms. The van der Waals surface area contributed by atoms with Gasteiger partial charge < -0.3 is 24.6 Å². The van der Waals surface area contributed by atoms with E-state index in [9.17, 15) is 45.7 Å². The SMILES string of the molecule is CC(=O)ON1C(=O)CCC1=O.N=c1ccc2c(-c3ccccc3C(=O)O)c3ccc(N)c(S(N)(=O)=O)c3oc-2c1S(=O)(=O)[O-]. The van der Waals surface area contributed by atoms with Crippen LogP contribution in [0.4, 0.5) is 5.69 Å². The van der Waals surface area contributed by atoms with Gasteiger partial charge in [-0.15, -0.1) is 5.06 Å². The number of amides is 2. The zero-order valence-electron chi connectivity index (χ0n) is 22.4. The minimum Gasteiger partial charge on any atom is -0.744 e. The average Bonchev–Trinajstić information content (AvgIpc) is 3.22. The fourth-order valence-electron chi connectivity index (χ4n) is 4.49. The van der Waals surface area contributed by atoms with Crippen LogP contribution in [0, 0.1) is 5.41 Å². The Hall–Kier alpha value is -5.17.